The van der Waals surface area contributed by atoms with Crippen LogP contribution in [0.4, 0.5) is 17.1 Å². The Morgan fingerprint density at radius 1 is 0.186 bits per heavy atom. The summed E-state index contributed by atoms with van der Waals surface area (Å²) < 4.78 is 0. The molecule has 0 aliphatic heterocycles. The van der Waals surface area contributed by atoms with E-state index >= 15 is 0 Å². The number of hydrogen-bond acceptors (Lipinski definition) is 1. The summed E-state index contributed by atoms with van der Waals surface area (Å²) in [6.07, 6.45) is 0. The van der Waals surface area contributed by atoms with Gasteiger partial charge in [0.15, 0.2) is 0 Å². The highest BCUT2D eigenvalue weighted by Gasteiger charge is 2.17. The van der Waals surface area contributed by atoms with Crippen LogP contribution in [-0.2, 0) is 0 Å². The van der Waals surface area contributed by atoms with Crippen molar-refractivity contribution in [3.63, 3.8) is 0 Å². The summed E-state index contributed by atoms with van der Waals surface area (Å²) in [5.41, 5.74) is 17.8. The van der Waals surface area contributed by atoms with Gasteiger partial charge in [-0.2, -0.15) is 0 Å². The Labute approximate surface area is 346 Å². The molecule has 0 amide bonds. The summed E-state index contributed by atoms with van der Waals surface area (Å²) in [7, 11) is 0. The summed E-state index contributed by atoms with van der Waals surface area (Å²) >= 11 is 0. The molecule has 10 aromatic carbocycles. The summed E-state index contributed by atoms with van der Waals surface area (Å²) in [5.74, 6) is 0. The highest BCUT2D eigenvalue weighted by Crippen LogP contribution is 2.43. The fourth-order valence-electron chi connectivity index (χ4n) is 8.45. The van der Waals surface area contributed by atoms with Crippen LogP contribution < -0.4 is 4.90 Å². The van der Waals surface area contributed by atoms with Crippen LogP contribution in [0.2, 0.25) is 0 Å². The number of hydrogen-bond donors (Lipinski definition) is 0. The van der Waals surface area contributed by atoms with Crippen molar-refractivity contribution in [2.75, 3.05) is 4.90 Å². The molecule has 0 saturated carbocycles. The molecule has 0 aliphatic rings. The Morgan fingerprint density at radius 3 is 1.07 bits per heavy atom. The molecule has 0 heterocycles. The van der Waals surface area contributed by atoms with Crippen molar-refractivity contribution >= 4 is 27.8 Å². The minimum atomic E-state index is 1.10. The molecule has 0 bridgehead atoms. The van der Waals surface area contributed by atoms with Crippen LogP contribution in [0.25, 0.3) is 77.5 Å². The quantitative estimate of drug-likeness (QED) is 0.142. The van der Waals surface area contributed by atoms with Gasteiger partial charge in [-0.05, 0) is 114 Å². The van der Waals surface area contributed by atoms with Crippen LogP contribution in [0.15, 0.2) is 249 Å². The van der Waals surface area contributed by atoms with E-state index in [0.717, 1.165) is 17.1 Å². The summed E-state index contributed by atoms with van der Waals surface area (Å²) in [4.78, 5) is 2.33. The molecule has 0 saturated heterocycles. The van der Waals surface area contributed by atoms with Gasteiger partial charge in [-0.3, -0.25) is 0 Å². The van der Waals surface area contributed by atoms with E-state index in [1.807, 2.05) is 0 Å². The Morgan fingerprint density at radius 2 is 0.508 bits per heavy atom. The predicted molar refractivity (Wildman–Crippen MR) is 251 cm³/mol. The molecule has 0 spiro atoms. The fraction of sp³-hybridized carbons (Fsp3) is 0. The van der Waals surface area contributed by atoms with E-state index in [9.17, 15) is 0 Å². The van der Waals surface area contributed by atoms with E-state index in [0.29, 0.717) is 0 Å². The Bertz CT molecular complexity index is 3000. The zero-order valence-corrected chi connectivity index (χ0v) is 32.6. The molecule has 278 valence electrons. The average Bonchev–Trinajstić information content (AvgIpc) is 3.33. The first-order chi connectivity index (χ1) is 29.3. The standard InChI is InChI=1S/C58H41N/c1-3-16-44(17-4-1)53-23-9-11-25-55(53)57-27-13-14-28-58(57)56-26-12-10-24-54(56)47-36-40-50(41-37-47)59(48-20-5-2-6-21-48)49-38-34-43(35-39-49)42-30-32-46(33-31-42)52-29-15-19-45-18-7-8-22-51(45)52/h1-41H. The van der Waals surface area contributed by atoms with Gasteiger partial charge in [0.05, 0.1) is 0 Å². The highest BCUT2D eigenvalue weighted by atomic mass is 15.1. The number of benzene rings is 10. The lowest BCUT2D eigenvalue weighted by atomic mass is 9.87. The first-order valence-electron chi connectivity index (χ1n) is 20.3. The van der Waals surface area contributed by atoms with Crippen molar-refractivity contribution < 1.29 is 0 Å². The number of anilines is 3. The smallest absolute Gasteiger partial charge is 0.0462 e. The largest absolute Gasteiger partial charge is 0.311 e. The van der Waals surface area contributed by atoms with Gasteiger partial charge >= 0.3 is 0 Å². The molecule has 0 unspecified atom stereocenters. The Balaban J connectivity index is 0.967. The number of para-hydroxylation sites is 1. The second-order valence-corrected chi connectivity index (χ2v) is 14.9. The fourth-order valence-corrected chi connectivity index (χ4v) is 8.45. The molecule has 1 heteroatoms. The maximum Gasteiger partial charge on any atom is 0.0462 e. The van der Waals surface area contributed by atoms with Gasteiger partial charge < -0.3 is 4.90 Å². The molecule has 10 rings (SSSR count). The van der Waals surface area contributed by atoms with Gasteiger partial charge in [-0.25, -0.2) is 0 Å². The van der Waals surface area contributed by atoms with Crippen LogP contribution in [0.1, 0.15) is 0 Å². The van der Waals surface area contributed by atoms with Gasteiger partial charge in [0, 0.05) is 17.1 Å². The molecular weight excluding hydrogens is 711 g/mol. The molecule has 0 aromatic heterocycles. The van der Waals surface area contributed by atoms with Crippen molar-refractivity contribution in [1.82, 2.24) is 0 Å². The van der Waals surface area contributed by atoms with Crippen molar-refractivity contribution in [2.45, 2.75) is 0 Å². The summed E-state index contributed by atoms with van der Waals surface area (Å²) in [5, 5.41) is 2.53. The SMILES string of the molecule is c1ccc(-c2ccccc2-c2ccccc2-c2ccccc2-c2ccc(N(c3ccccc3)c3ccc(-c4ccc(-c5cccc6ccccc56)cc4)cc3)cc2)cc1. The second kappa shape index (κ2) is 16.0. The maximum absolute atomic E-state index is 2.33. The Kier molecular flexibility index (Phi) is 9.68. The van der Waals surface area contributed by atoms with Gasteiger partial charge in [0.2, 0.25) is 0 Å². The van der Waals surface area contributed by atoms with E-state index in [-0.39, 0.29) is 0 Å². The van der Waals surface area contributed by atoms with Crippen molar-refractivity contribution in [3.8, 4) is 66.8 Å². The lowest BCUT2D eigenvalue weighted by Gasteiger charge is -2.26. The second-order valence-electron chi connectivity index (χ2n) is 14.9. The molecule has 0 N–H and O–H groups in total. The third-order valence-electron chi connectivity index (χ3n) is 11.3. The van der Waals surface area contributed by atoms with E-state index in [1.165, 1.54) is 77.5 Å². The maximum atomic E-state index is 2.33. The Hall–Kier alpha value is -7.74. The third-order valence-corrected chi connectivity index (χ3v) is 11.3. The van der Waals surface area contributed by atoms with Crippen LogP contribution in [0, 0.1) is 0 Å². The van der Waals surface area contributed by atoms with Crippen molar-refractivity contribution in [3.05, 3.63) is 249 Å². The van der Waals surface area contributed by atoms with Crippen LogP contribution in [0.5, 0.6) is 0 Å². The molecule has 0 radical (unpaired) electrons. The van der Waals surface area contributed by atoms with E-state index in [2.05, 4.69) is 254 Å². The van der Waals surface area contributed by atoms with Crippen LogP contribution in [0.3, 0.4) is 0 Å². The first kappa shape index (κ1) is 35.7. The topological polar surface area (TPSA) is 3.24 Å². The molecule has 59 heavy (non-hydrogen) atoms. The van der Waals surface area contributed by atoms with E-state index in [4.69, 9.17) is 0 Å². The zero-order chi connectivity index (χ0) is 39.4. The summed E-state index contributed by atoms with van der Waals surface area (Å²) in [6.45, 7) is 0. The molecule has 0 aliphatic carbocycles. The lowest BCUT2D eigenvalue weighted by molar-refractivity contribution is 1.28. The number of rotatable bonds is 9. The van der Waals surface area contributed by atoms with Crippen molar-refractivity contribution in [2.24, 2.45) is 0 Å². The average molecular weight is 752 g/mol. The zero-order valence-electron chi connectivity index (χ0n) is 32.6. The minimum absolute atomic E-state index is 1.10. The monoisotopic (exact) mass is 751 g/mol. The van der Waals surface area contributed by atoms with Gasteiger partial charge in [0.25, 0.3) is 0 Å². The highest BCUT2D eigenvalue weighted by molar-refractivity contribution is 5.98. The number of fused-ring (bicyclic) bond motifs is 1. The van der Waals surface area contributed by atoms with Crippen LogP contribution >= 0.6 is 0 Å². The third kappa shape index (κ3) is 7.12. The van der Waals surface area contributed by atoms with Crippen molar-refractivity contribution in [1.29, 1.82) is 0 Å². The molecule has 1 nitrogen and oxygen atoms in total. The van der Waals surface area contributed by atoms with Gasteiger partial charge in [0.1, 0.15) is 0 Å². The number of nitrogens with zero attached hydrogens (tertiary/aromatic N) is 1. The summed E-state index contributed by atoms with van der Waals surface area (Å²) in [6, 6.07) is 89.6. The predicted octanol–water partition coefficient (Wildman–Crippen LogP) is 16.3. The molecule has 0 fully saturated rings. The molecule has 10 aromatic rings. The van der Waals surface area contributed by atoms with Gasteiger partial charge in [-0.15, -0.1) is 0 Å². The minimum Gasteiger partial charge on any atom is -0.311 e. The van der Waals surface area contributed by atoms with Gasteiger partial charge in [-0.1, -0.05) is 212 Å². The molecule has 0 atom stereocenters. The molecular formula is C58H41N. The normalized spacial score (nSPS) is 11.1. The van der Waals surface area contributed by atoms with E-state index in [1.54, 1.807) is 0 Å². The lowest BCUT2D eigenvalue weighted by Crippen LogP contribution is -2.09. The first-order valence-corrected chi connectivity index (χ1v) is 20.3. The van der Waals surface area contributed by atoms with E-state index < -0.39 is 0 Å². The van der Waals surface area contributed by atoms with Crippen LogP contribution in [-0.4, -0.2) is 0 Å².